The lowest BCUT2D eigenvalue weighted by Gasteiger charge is -2.26. The Hall–Kier alpha value is -4.17. The molecule has 1 aliphatic rings. The molecule has 40 heavy (non-hydrogen) atoms. The monoisotopic (exact) mass is 555 g/mol. The van der Waals surface area contributed by atoms with Crippen LogP contribution in [0.5, 0.6) is 5.75 Å². The quantitative estimate of drug-likeness (QED) is 0.301. The standard InChI is InChI=1S/C32H33N3O4S/c1-7-38-31(37)28-21(5)33-32-35(29(28)25-15-11-12-16-26(25)39-19(2)3)30(36)27(40-32)18-23-17-20(4)34(22(23)6)24-13-9-8-10-14-24/h8-19,29H,7H2,1-6H3/b27-18-/t29-/m0/s1. The zero-order chi connectivity index (χ0) is 28.6. The number of allylic oxidation sites excluding steroid dienone is 1. The van der Waals surface area contributed by atoms with Gasteiger partial charge in [0.15, 0.2) is 4.80 Å². The maximum Gasteiger partial charge on any atom is 0.338 e. The minimum absolute atomic E-state index is 0.0898. The van der Waals surface area contributed by atoms with Crippen LogP contribution in [0, 0.1) is 13.8 Å². The van der Waals surface area contributed by atoms with Crippen LogP contribution in [0.2, 0.25) is 0 Å². The topological polar surface area (TPSA) is 74.8 Å². The van der Waals surface area contributed by atoms with Crippen molar-refractivity contribution >= 4 is 23.4 Å². The van der Waals surface area contributed by atoms with Crippen LogP contribution >= 0.6 is 11.3 Å². The number of aromatic nitrogens is 2. The van der Waals surface area contributed by atoms with E-state index in [-0.39, 0.29) is 18.3 Å². The molecule has 0 fully saturated rings. The van der Waals surface area contributed by atoms with E-state index in [1.54, 1.807) is 18.4 Å². The van der Waals surface area contributed by atoms with Gasteiger partial charge in [0.2, 0.25) is 0 Å². The summed E-state index contributed by atoms with van der Waals surface area (Å²) in [5.74, 6) is 0.119. The smallest absolute Gasteiger partial charge is 0.338 e. The average Bonchev–Trinajstić information content (AvgIpc) is 3.37. The Bertz CT molecular complexity index is 1790. The molecule has 4 aromatic rings. The van der Waals surface area contributed by atoms with Crippen LogP contribution in [0.1, 0.15) is 56.3 Å². The van der Waals surface area contributed by atoms with Gasteiger partial charge in [0.25, 0.3) is 5.56 Å². The first-order chi connectivity index (χ1) is 19.2. The van der Waals surface area contributed by atoms with Crippen LogP contribution in [0.4, 0.5) is 0 Å². The summed E-state index contributed by atoms with van der Waals surface area (Å²) in [6.45, 7) is 11.8. The number of fused-ring (bicyclic) bond motifs is 1. The fraction of sp³-hybridized carbons (Fsp3) is 0.281. The second-order valence-electron chi connectivity index (χ2n) is 10.0. The van der Waals surface area contributed by atoms with Gasteiger partial charge in [0, 0.05) is 22.6 Å². The van der Waals surface area contributed by atoms with Crippen molar-refractivity contribution < 1.29 is 14.3 Å². The zero-order valence-corrected chi connectivity index (χ0v) is 24.4. The first-order valence-electron chi connectivity index (χ1n) is 13.4. The summed E-state index contributed by atoms with van der Waals surface area (Å²) in [7, 11) is 0. The number of thiazole rings is 1. The fourth-order valence-corrected chi connectivity index (χ4v) is 6.24. The first kappa shape index (κ1) is 27.4. The highest BCUT2D eigenvalue weighted by molar-refractivity contribution is 7.07. The van der Waals surface area contributed by atoms with Crippen molar-refractivity contribution in [2.24, 2.45) is 4.99 Å². The van der Waals surface area contributed by atoms with Gasteiger partial charge in [-0.3, -0.25) is 9.36 Å². The lowest BCUT2D eigenvalue weighted by molar-refractivity contribution is -0.139. The molecule has 1 atom stereocenters. The number of ether oxygens (including phenoxy) is 2. The second-order valence-corrected chi connectivity index (χ2v) is 11.0. The molecule has 2 aromatic carbocycles. The van der Waals surface area contributed by atoms with E-state index < -0.39 is 12.0 Å². The van der Waals surface area contributed by atoms with Gasteiger partial charge in [-0.25, -0.2) is 9.79 Å². The largest absolute Gasteiger partial charge is 0.491 e. The number of para-hydroxylation sites is 2. The Morgan fingerprint density at radius 1 is 1.07 bits per heavy atom. The fourth-order valence-electron chi connectivity index (χ4n) is 5.20. The number of hydrogen-bond donors (Lipinski definition) is 0. The van der Waals surface area contributed by atoms with Gasteiger partial charge < -0.3 is 14.0 Å². The molecule has 3 heterocycles. The summed E-state index contributed by atoms with van der Waals surface area (Å²) in [6, 6.07) is 19.0. The molecule has 2 aromatic heterocycles. The van der Waals surface area contributed by atoms with Crippen molar-refractivity contribution in [3.05, 3.63) is 114 Å². The highest BCUT2D eigenvalue weighted by Crippen LogP contribution is 2.36. The molecule has 0 N–H and O–H groups in total. The van der Waals surface area contributed by atoms with Crippen LogP contribution in [-0.2, 0) is 9.53 Å². The molecule has 0 bridgehead atoms. The molecule has 8 heteroatoms. The molecule has 5 rings (SSSR count). The van der Waals surface area contributed by atoms with E-state index in [1.807, 2.05) is 69.3 Å². The van der Waals surface area contributed by atoms with E-state index in [0.29, 0.717) is 31.9 Å². The first-order valence-corrected chi connectivity index (χ1v) is 14.2. The van der Waals surface area contributed by atoms with Crippen molar-refractivity contribution in [2.75, 3.05) is 6.61 Å². The molecule has 0 unspecified atom stereocenters. The van der Waals surface area contributed by atoms with Crippen LogP contribution in [-0.4, -0.2) is 27.8 Å². The third-order valence-corrected chi connectivity index (χ3v) is 7.85. The predicted molar refractivity (Wildman–Crippen MR) is 158 cm³/mol. The minimum Gasteiger partial charge on any atom is -0.491 e. The molecular weight excluding hydrogens is 522 g/mol. The van der Waals surface area contributed by atoms with Crippen molar-refractivity contribution in [1.82, 2.24) is 9.13 Å². The Kier molecular flexibility index (Phi) is 7.63. The normalized spacial score (nSPS) is 15.3. The second kappa shape index (κ2) is 11.1. The molecule has 0 spiro atoms. The lowest BCUT2D eigenvalue weighted by Crippen LogP contribution is -2.40. The lowest BCUT2D eigenvalue weighted by atomic mass is 9.95. The number of benzene rings is 2. The number of rotatable bonds is 7. The van der Waals surface area contributed by atoms with E-state index in [0.717, 1.165) is 22.6 Å². The number of aryl methyl sites for hydroxylation is 1. The molecule has 0 radical (unpaired) electrons. The zero-order valence-electron chi connectivity index (χ0n) is 23.6. The highest BCUT2D eigenvalue weighted by atomic mass is 32.1. The van der Waals surface area contributed by atoms with Gasteiger partial charge >= 0.3 is 5.97 Å². The van der Waals surface area contributed by atoms with Gasteiger partial charge in [0.05, 0.1) is 28.5 Å². The third-order valence-electron chi connectivity index (χ3n) is 6.86. The van der Waals surface area contributed by atoms with Gasteiger partial charge in [-0.2, -0.15) is 0 Å². The van der Waals surface area contributed by atoms with E-state index in [9.17, 15) is 9.59 Å². The van der Waals surface area contributed by atoms with Gasteiger partial charge in [-0.1, -0.05) is 47.7 Å². The SMILES string of the molecule is CCOC(=O)C1=C(C)N=c2s/c(=C\c3cc(C)n(-c4ccccc4)c3C)c(=O)n2[C@H]1c1ccccc1OC(C)C. The maximum absolute atomic E-state index is 14.1. The average molecular weight is 556 g/mol. The maximum atomic E-state index is 14.1. The molecule has 0 saturated carbocycles. The highest BCUT2D eigenvalue weighted by Gasteiger charge is 2.35. The predicted octanol–water partition coefficient (Wildman–Crippen LogP) is 4.99. The minimum atomic E-state index is -0.732. The Morgan fingerprint density at radius 3 is 2.48 bits per heavy atom. The summed E-state index contributed by atoms with van der Waals surface area (Å²) >= 11 is 1.32. The van der Waals surface area contributed by atoms with Crippen molar-refractivity contribution in [3.63, 3.8) is 0 Å². The summed E-state index contributed by atoms with van der Waals surface area (Å²) in [5.41, 5.74) is 5.48. The summed E-state index contributed by atoms with van der Waals surface area (Å²) in [6.07, 6.45) is 1.83. The Labute approximate surface area is 237 Å². The van der Waals surface area contributed by atoms with Crippen LogP contribution in [0.25, 0.3) is 11.8 Å². The van der Waals surface area contributed by atoms with E-state index in [1.165, 1.54) is 11.3 Å². The van der Waals surface area contributed by atoms with E-state index >= 15 is 0 Å². The molecule has 1 aliphatic heterocycles. The van der Waals surface area contributed by atoms with Crippen molar-refractivity contribution in [2.45, 2.75) is 53.7 Å². The third kappa shape index (κ3) is 4.95. The molecule has 0 aliphatic carbocycles. The van der Waals surface area contributed by atoms with E-state index in [2.05, 4.69) is 29.7 Å². The number of nitrogens with zero attached hydrogens (tertiary/aromatic N) is 3. The van der Waals surface area contributed by atoms with Crippen molar-refractivity contribution in [3.8, 4) is 11.4 Å². The number of esters is 1. The summed E-state index contributed by atoms with van der Waals surface area (Å²) in [5, 5.41) is 0. The van der Waals surface area contributed by atoms with Crippen LogP contribution in [0.15, 0.2) is 81.7 Å². The number of carbonyl (C=O) groups excluding carboxylic acids is 1. The Morgan fingerprint density at radius 2 is 1.77 bits per heavy atom. The molecule has 206 valence electrons. The van der Waals surface area contributed by atoms with E-state index in [4.69, 9.17) is 14.5 Å². The van der Waals surface area contributed by atoms with Crippen LogP contribution < -0.4 is 19.6 Å². The Balaban J connectivity index is 1.72. The molecule has 0 amide bonds. The molecular formula is C32H33N3O4S. The number of carbonyl (C=O) groups is 1. The van der Waals surface area contributed by atoms with Crippen LogP contribution in [0.3, 0.4) is 0 Å². The summed E-state index contributed by atoms with van der Waals surface area (Å²) in [4.78, 5) is 32.6. The number of hydrogen-bond acceptors (Lipinski definition) is 6. The van der Waals surface area contributed by atoms with Gasteiger partial charge in [-0.15, -0.1) is 0 Å². The van der Waals surface area contributed by atoms with Gasteiger partial charge in [-0.05, 0) is 77.4 Å². The van der Waals surface area contributed by atoms with Crippen molar-refractivity contribution in [1.29, 1.82) is 0 Å². The van der Waals surface area contributed by atoms with Gasteiger partial charge in [0.1, 0.15) is 11.8 Å². The molecule has 0 saturated heterocycles. The summed E-state index contributed by atoms with van der Waals surface area (Å²) < 4.78 is 15.9. The molecule has 7 nitrogen and oxygen atoms in total.